The van der Waals surface area contributed by atoms with Gasteiger partial charge in [0.25, 0.3) is 11.8 Å². The molecule has 3 rings (SSSR count). The first kappa shape index (κ1) is 15.7. The zero-order chi connectivity index (χ0) is 16.9. The lowest BCUT2D eigenvalue weighted by Gasteiger charge is -2.18. The number of rotatable bonds is 5. The molecule has 0 fully saturated rings. The molecule has 7 nitrogen and oxygen atoms in total. The predicted molar refractivity (Wildman–Crippen MR) is 87.7 cm³/mol. The van der Waals surface area contributed by atoms with Crippen LogP contribution in [0.2, 0.25) is 0 Å². The van der Waals surface area contributed by atoms with Crippen molar-refractivity contribution in [1.82, 2.24) is 0 Å². The average molecular weight is 328 g/mol. The summed E-state index contributed by atoms with van der Waals surface area (Å²) in [4.78, 5) is 23.2. The van der Waals surface area contributed by atoms with Crippen LogP contribution in [0, 0.1) is 0 Å². The minimum absolute atomic E-state index is 0.0404. The standard InChI is InChI=1S/C17H16N2O5/c1-22-13-4-2-3-5-14(13)23-9-16(20)18-11-6-7-12-15(8-11)24-10-17(21)19-12/h2-8H,9-10H2,1H3,(H,18,20)(H,19,21). The number of fused-ring (bicyclic) bond motifs is 1. The second-order valence-electron chi connectivity index (χ2n) is 5.04. The number of hydrogen-bond donors (Lipinski definition) is 2. The Morgan fingerprint density at radius 2 is 2.04 bits per heavy atom. The van der Waals surface area contributed by atoms with Gasteiger partial charge in [0.05, 0.1) is 12.8 Å². The predicted octanol–water partition coefficient (Wildman–Crippen LogP) is 2.04. The maximum atomic E-state index is 12.0. The Balaban J connectivity index is 1.60. The molecule has 1 heterocycles. The van der Waals surface area contributed by atoms with Crippen LogP contribution in [0.15, 0.2) is 42.5 Å². The molecule has 124 valence electrons. The third kappa shape index (κ3) is 3.57. The summed E-state index contributed by atoms with van der Waals surface area (Å²) in [5.74, 6) is 1.04. The van der Waals surface area contributed by atoms with Crippen LogP contribution in [0.1, 0.15) is 0 Å². The summed E-state index contributed by atoms with van der Waals surface area (Å²) in [6, 6.07) is 12.1. The lowest BCUT2D eigenvalue weighted by molar-refractivity contribution is -0.119. The van der Waals surface area contributed by atoms with E-state index in [1.807, 2.05) is 6.07 Å². The Kier molecular flexibility index (Phi) is 4.51. The van der Waals surface area contributed by atoms with E-state index in [0.29, 0.717) is 28.6 Å². The molecule has 2 N–H and O–H groups in total. The van der Waals surface area contributed by atoms with Crippen molar-refractivity contribution >= 4 is 23.2 Å². The van der Waals surface area contributed by atoms with Gasteiger partial charge in [-0.3, -0.25) is 9.59 Å². The first-order chi connectivity index (χ1) is 11.7. The fourth-order valence-corrected chi connectivity index (χ4v) is 2.23. The zero-order valence-electron chi connectivity index (χ0n) is 13.0. The van der Waals surface area contributed by atoms with Gasteiger partial charge in [-0.1, -0.05) is 12.1 Å². The number of ether oxygens (including phenoxy) is 3. The number of methoxy groups -OCH3 is 1. The van der Waals surface area contributed by atoms with Gasteiger partial charge < -0.3 is 24.8 Å². The van der Waals surface area contributed by atoms with E-state index >= 15 is 0 Å². The second-order valence-corrected chi connectivity index (χ2v) is 5.04. The van der Waals surface area contributed by atoms with Gasteiger partial charge >= 0.3 is 0 Å². The van der Waals surface area contributed by atoms with Gasteiger partial charge in [0.2, 0.25) is 0 Å². The van der Waals surface area contributed by atoms with Crippen LogP contribution in [-0.2, 0) is 9.59 Å². The van der Waals surface area contributed by atoms with Crippen LogP contribution < -0.4 is 24.8 Å². The number of benzene rings is 2. The fourth-order valence-electron chi connectivity index (χ4n) is 2.23. The molecule has 0 saturated carbocycles. The van der Waals surface area contributed by atoms with E-state index in [1.165, 1.54) is 7.11 Å². The smallest absolute Gasteiger partial charge is 0.262 e. The first-order valence-corrected chi connectivity index (χ1v) is 7.28. The van der Waals surface area contributed by atoms with Crippen LogP contribution in [0.3, 0.4) is 0 Å². The number of anilines is 2. The molecule has 1 aliphatic rings. The van der Waals surface area contributed by atoms with Gasteiger partial charge in [0, 0.05) is 11.8 Å². The zero-order valence-corrected chi connectivity index (χ0v) is 13.0. The Bertz CT molecular complexity index is 775. The van der Waals surface area contributed by atoms with E-state index in [-0.39, 0.29) is 25.0 Å². The Labute approximate surface area is 138 Å². The summed E-state index contributed by atoms with van der Waals surface area (Å²) in [6.07, 6.45) is 0. The summed E-state index contributed by atoms with van der Waals surface area (Å²) >= 11 is 0. The summed E-state index contributed by atoms with van der Waals surface area (Å²) in [5.41, 5.74) is 1.13. The molecule has 0 aliphatic carbocycles. The summed E-state index contributed by atoms with van der Waals surface area (Å²) in [5, 5.41) is 5.40. The van der Waals surface area contributed by atoms with Gasteiger partial charge in [0.1, 0.15) is 5.75 Å². The highest BCUT2D eigenvalue weighted by molar-refractivity contribution is 5.97. The van der Waals surface area contributed by atoms with Crippen molar-refractivity contribution in [3.8, 4) is 17.2 Å². The average Bonchev–Trinajstić information content (AvgIpc) is 2.60. The second kappa shape index (κ2) is 6.91. The molecule has 0 atom stereocenters. The first-order valence-electron chi connectivity index (χ1n) is 7.28. The van der Waals surface area contributed by atoms with E-state index in [9.17, 15) is 9.59 Å². The Morgan fingerprint density at radius 1 is 1.25 bits per heavy atom. The number of hydrogen-bond acceptors (Lipinski definition) is 5. The van der Waals surface area contributed by atoms with Gasteiger partial charge in [-0.25, -0.2) is 0 Å². The third-order valence-corrected chi connectivity index (χ3v) is 3.33. The maximum absolute atomic E-state index is 12.0. The molecule has 2 aromatic carbocycles. The van der Waals surface area contributed by atoms with E-state index in [4.69, 9.17) is 14.2 Å². The normalized spacial score (nSPS) is 12.5. The topological polar surface area (TPSA) is 85.9 Å². The number of nitrogens with one attached hydrogen (secondary N) is 2. The molecule has 0 spiro atoms. The monoisotopic (exact) mass is 328 g/mol. The Hall–Kier alpha value is -3.22. The SMILES string of the molecule is COc1ccccc1OCC(=O)Nc1ccc2c(c1)OCC(=O)N2. The third-order valence-electron chi connectivity index (χ3n) is 3.33. The molecule has 0 bridgehead atoms. The molecule has 0 aromatic heterocycles. The van der Waals surface area contributed by atoms with Crippen molar-refractivity contribution in [3.05, 3.63) is 42.5 Å². The van der Waals surface area contributed by atoms with Gasteiger partial charge in [0.15, 0.2) is 24.7 Å². The lowest BCUT2D eigenvalue weighted by Crippen LogP contribution is -2.25. The highest BCUT2D eigenvalue weighted by Gasteiger charge is 2.16. The molecular weight excluding hydrogens is 312 g/mol. The van der Waals surface area contributed by atoms with E-state index < -0.39 is 0 Å². The summed E-state index contributed by atoms with van der Waals surface area (Å²) in [7, 11) is 1.54. The van der Waals surface area contributed by atoms with E-state index in [1.54, 1.807) is 36.4 Å². The van der Waals surface area contributed by atoms with Crippen LogP contribution in [-0.4, -0.2) is 32.1 Å². The van der Waals surface area contributed by atoms with Crippen molar-refractivity contribution in [1.29, 1.82) is 0 Å². The molecule has 0 unspecified atom stereocenters. The van der Waals surface area contributed by atoms with E-state index in [2.05, 4.69) is 10.6 Å². The fraction of sp³-hybridized carbons (Fsp3) is 0.176. The minimum Gasteiger partial charge on any atom is -0.493 e. The van der Waals surface area contributed by atoms with Crippen molar-refractivity contribution in [2.75, 3.05) is 31.0 Å². The molecule has 1 aliphatic heterocycles. The molecule has 2 amide bonds. The highest BCUT2D eigenvalue weighted by atomic mass is 16.5. The maximum Gasteiger partial charge on any atom is 0.262 e. The van der Waals surface area contributed by atoms with Crippen molar-refractivity contribution in [2.45, 2.75) is 0 Å². The molecule has 24 heavy (non-hydrogen) atoms. The molecule has 0 radical (unpaired) electrons. The van der Waals surface area contributed by atoms with Crippen LogP contribution in [0.4, 0.5) is 11.4 Å². The molecular formula is C17H16N2O5. The van der Waals surface area contributed by atoms with Crippen molar-refractivity contribution in [3.63, 3.8) is 0 Å². The number of carbonyl (C=O) groups excluding carboxylic acids is 2. The summed E-state index contributed by atoms with van der Waals surface area (Å²) in [6.45, 7) is -0.198. The number of carbonyl (C=O) groups is 2. The van der Waals surface area contributed by atoms with Crippen LogP contribution >= 0.6 is 0 Å². The van der Waals surface area contributed by atoms with Gasteiger partial charge in [-0.2, -0.15) is 0 Å². The highest BCUT2D eigenvalue weighted by Crippen LogP contribution is 2.30. The largest absolute Gasteiger partial charge is 0.493 e. The van der Waals surface area contributed by atoms with Crippen molar-refractivity contribution in [2.24, 2.45) is 0 Å². The number of amides is 2. The molecule has 2 aromatic rings. The Morgan fingerprint density at radius 3 is 2.83 bits per heavy atom. The number of para-hydroxylation sites is 2. The van der Waals surface area contributed by atoms with Crippen molar-refractivity contribution < 1.29 is 23.8 Å². The summed E-state index contributed by atoms with van der Waals surface area (Å²) < 4.78 is 15.9. The van der Waals surface area contributed by atoms with E-state index in [0.717, 1.165) is 0 Å². The van der Waals surface area contributed by atoms with Crippen LogP contribution in [0.25, 0.3) is 0 Å². The van der Waals surface area contributed by atoms with Gasteiger partial charge in [-0.05, 0) is 24.3 Å². The molecule has 7 heteroatoms. The lowest BCUT2D eigenvalue weighted by atomic mass is 10.2. The van der Waals surface area contributed by atoms with Gasteiger partial charge in [-0.15, -0.1) is 0 Å². The molecule has 0 saturated heterocycles. The minimum atomic E-state index is -0.319. The quantitative estimate of drug-likeness (QED) is 0.877. The van der Waals surface area contributed by atoms with Crippen LogP contribution in [0.5, 0.6) is 17.2 Å².